The van der Waals surface area contributed by atoms with Crippen molar-refractivity contribution in [1.82, 2.24) is 0 Å². The quantitative estimate of drug-likeness (QED) is 0.165. The predicted molar refractivity (Wildman–Crippen MR) is 151 cm³/mol. The largest absolute Gasteiger partial charge is 0.482 e. The van der Waals surface area contributed by atoms with Crippen molar-refractivity contribution in [2.24, 2.45) is 0 Å². The first-order valence-corrected chi connectivity index (χ1v) is 14.0. The molecule has 0 saturated heterocycles. The van der Waals surface area contributed by atoms with E-state index in [1.807, 2.05) is 68.4 Å². The molecule has 0 aliphatic heterocycles. The van der Waals surface area contributed by atoms with E-state index in [0.29, 0.717) is 10.6 Å². The van der Waals surface area contributed by atoms with Gasteiger partial charge in [0.15, 0.2) is 21.3 Å². The first-order valence-electron chi connectivity index (χ1n) is 12.7. The Balaban J connectivity index is 1.44. The summed E-state index contributed by atoms with van der Waals surface area (Å²) in [7, 11) is -0.726. The summed E-state index contributed by atoms with van der Waals surface area (Å²) < 4.78 is 39.5. The van der Waals surface area contributed by atoms with Crippen molar-refractivity contribution in [3.05, 3.63) is 120 Å². The second-order valence-corrected chi connectivity index (χ2v) is 12.8. The summed E-state index contributed by atoms with van der Waals surface area (Å²) in [5.74, 6) is -1.23. The Labute approximate surface area is 232 Å². The van der Waals surface area contributed by atoms with E-state index < -0.39 is 34.1 Å². The Bertz CT molecular complexity index is 1390. The van der Waals surface area contributed by atoms with Crippen LogP contribution < -0.4 is 4.74 Å². The Hall–Kier alpha value is -3.64. The van der Waals surface area contributed by atoms with Gasteiger partial charge in [0.05, 0.1) is 10.9 Å². The van der Waals surface area contributed by atoms with Gasteiger partial charge in [-0.1, -0.05) is 63.2 Å². The molecule has 39 heavy (non-hydrogen) atoms. The first-order chi connectivity index (χ1) is 18.4. The average Bonchev–Trinajstić information content (AvgIpc) is 2.88. The highest BCUT2D eigenvalue weighted by atomic mass is 32.2. The lowest BCUT2D eigenvalue weighted by Gasteiger charge is -2.27. The lowest BCUT2D eigenvalue weighted by molar-refractivity contribution is -0.159. The molecule has 0 heterocycles. The highest BCUT2D eigenvalue weighted by Gasteiger charge is 2.30. The molecule has 0 saturated carbocycles. The molecule has 1 unspecified atom stereocenters. The van der Waals surface area contributed by atoms with Crippen LogP contribution >= 0.6 is 0 Å². The molecule has 0 aliphatic rings. The van der Waals surface area contributed by atoms with Crippen LogP contribution in [0.5, 0.6) is 5.75 Å². The van der Waals surface area contributed by atoms with Crippen LogP contribution in [0.4, 0.5) is 8.78 Å². The van der Waals surface area contributed by atoms with E-state index in [2.05, 4.69) is 32.9 Å². The van der Waals surface area contributed by atoms with Gasteiger partial charge < -0.3 is 9.47 Å². The molecule has 0 amide bonds. The van der Waals surface area contributed by atoms with Crippen LogP contribution in [0.15, 0.2) is 112 Å². The summed E-state index contributed by atoms with van der Waals surface area (Å²) in [6.07, 6.45) is 0. The fourth-order valence-electron chi connectivity index (χ4n) is 4.17. The topological polar surface area (TPSA) is 35.5 Å². The standard InChI is InChI=1S/C33H33F2O3S/c1-32(2,3)23-11-13-24(14-12-23)33(4,5)38-31(36)22-37-27-15-17-29(18-16-27)39(28-9-7-6-8-10-28)30-20-25(34)19-26(35)21-30/h6-21H,22H2,1-5H3/q+1. The number of hydrogen-bond donors (Lipinski definition) is 0. The van der Waals surface area contributed by atoms with Crippen LogP contribution in [0.25, 0.3) is 0 Å². The summed E-state index contributed by atoms with van der Waals surface area (Å²) >= 11 is 0. The van der Waals surface area contributed by atoms with Gasteiger partial charge in [-0.2, -0.15) is 0 Å². The van der Waals surface area contributed by atoms with Crippen LogP contribution in [0.3, 0.4) is 0 Å². The summed E-state index contributed by atoms with van der Waals surface area (Å²) in [6, 6.07) is 28.4. The van der Waals surface area contributed by atoms with Gasteiger partial charge in [-0.15, -0.1) is 0 Å². The smallest absolute Gasteiger partial charge is 0.345 e. The lowest BCUT2D eigenvalue weighted by atomic mass is 9.85. The molecule has 4 aromatic rings. The number of carbonyl (C=O) groups is 1. The second-order valence-electron chi connectivity index (χ2n) is 10.8. The number of benzene rings is 4. The molecule has 0 aromatic heterocycles. The summed E-state index contributed by atoms with van der Waals surface area (Å²) in [4.78, 5) is 14.9. The monoisotopic (exact) mass is 547 g/mol. The van der Waals surface area contributed by atoms with Crippen LogP contribution in [0.1, 0.15) is 45.7 Å². The van der Waals surface area contributed by atoms with Crippen molar-refractivity contribution in [1.29, 1.82) is 0 Å². The van der Waals surface area contributed by atoms with Crippen molar-refractivity contribution in [2.75, 3.05) is 6.61 Å². The van der Waals surface area contributed by atoms with Gasteiger partial charge in [0.25, 0.3) is 0 Å². The van der Waals surface area contributed by atoms with E-state index in [0.717, 1.165) is 21.4 Å². The molecule has 202 valence electrons. The maximum Gasteiger partial charge on any atom is 0.345 e. The summed E-state index contributed by atoms with van der Waals surface area (Å²) in [5, 5.41) is 0. The number of ether oxygens (including phenoxy) is 2. The van der Waals surface area contributed by atoms with Crippen molar-refractivity contribution in [3.8, 4) is 5.75 Å². The van der Waals surface area contributed by atoms with E-state index in [4.69, 9.17) is 9.47 Å². The third kappa shape index (κ3) is 7.27. The fourth-order valence-corrected chi connectivity index (χ4v) is 6.28. The van der Waals surface area contributed by atoms with Crippen molar-refractivity contribution in [3.63, 3.8) is 0 Å². The van der Waals surface area contributed by atoms with E-state index >= 15 is 0 Å². The van der Waals surface area contributed by atoms with E-state index in [9.17, 15) is 13.6 Å². The molecule has 4 aromatic carbocycles. The zero-order valence-electron chi connectivity index (χ0n) is 22.8. The SMILES string of the molecule is CC(C)(C)c1ccc(C(C)(C)OC(=O)COc2ccc([S+](c3ccccc3)c3cc(F)cc(F)c3)cc2)cc1. The molecular formula is C33H33F2O3S+. The molecular weight excluding hydrogens is 514 g/mol. The molecule has 0 spiro atoms. The minimum Gasteiger partial charge on any atom is -0.482 e. The average molecular weight is 548 g/mol. The summed E-state index contributed by atoms with van der Waals surface area (Å²) in [5.41, 5.74) is 1.33. The van der Waals surface area contributed by atoms with E-state index in [1.54, 1.807) is 12.1 Å². The number of halogens is 2. The van der Waals surface area contributed by atoms with Crippen molar-refractivity contribution < 1.29 is 23.0 Å². The van der Waals surface area contributed by atoms with Crippen molar-refractivity contribution in [2.45, 2.75) is 60.3 Å². The molecule has 0 bridgehead atoms. The van der Waals surface area contributed by atoms with E-state index in [1.165, 1.54) is 17.7 Å². The number of carbonyl (C=O) groups excluding carboxylic acids is 1. The van der Waals surface area contributed by atoms with Gasteiger partial charge in [-0.3, -0.25) is 0 Å². The zero-order valence-corrected chi connectivity index (χ0v) is 23.7. The second kappa shape index (κ2) is 11.6. The molecule has 6 heteroatoms. The lowest BCUT2D eigenvalue weighted by Crippen LogP contribution is -2.28. The maximum atomic E-state index is 14.1. The maximum absolute atomic E-state index is 14.1. The van der Waals surface area contributed by atoms with E-state index in [-0.39, 0.29) is 12.0 Å². The van der Waals surface area contributed by atoms with Gasteiger partial charge in [-0.25, -0.2) is 13.6 Å². The van der Waals surface area contributed by atoms with Crippen LogP contribution in [0.2, 0.25) is 0 Å². The Morgan fingerprint density at radius 3 is 1.79 bits per heavy atom. The molecule has 0 aliphatic carbocycles. The molecule has 0 N–H and O–H groups in total. The molecule has 4 rings (SSSR count). The Kier molecular flexibility index (Phi) is 8.45. The Morgan fingerprint density at radius 2 is 1.23 bits per heavy atom. The Morgan fingerprint density at radius 1 is 0.692 bits per heavy atom. The highest BCUT2D eigenvalue weighted by Crippen LogP contribution is 2.33. The van der Waals surface area contributed by atoms with Gasteiger partial charge in [-0.05, 0) is 66.8 Å². The van der Waals surface area contributed by atoms with Crippen LogP contribution in [0, 0.1) is 11.6 Å². The fraction of sp³-hybridized carbons (Fsp3) is 0.242. The van der Waals surface area contributed by atoms with Crippen LogP contribution in [-0.2, 0) is 31.4 Å². The van der Waals surface area contributed by atoms with Gasteiger partial charge in [0, 0.05) is 18.2 Å². The molecule has 0 radical (unpaired) electrons. The third-order valence-corrected chi connectivity index (χ3v) is 8.48. The molecule has 0 fully saturated rings. The molecule has 1 atom stereocenters. The van der Waals surface area contributed by atoms with Gasteiger partial charge >= 0.3 is 5.97 Å². The number of esters is 1. The minimum atomic E-state index is -0.815. The predicted octanol–water partition coefficient (Wildman–Crippen LogP) is 8.22. The highest BCUT2D eigenvalue weighted by molar-refractivity contribution is 7.97. The summed E-state index contributed by atoms with van der Waals surface area (Å²) in [6.45, 7) is 9.92. The first kappa shape index (κ1) is 28.4. The number of hydrogen-bond acceptors (Lipinski definition) is 3. The molecule has 3 nitrogen and oxygen atoms in total. The normalized spacial score (nSPS) is 12.6. The van der Waals surface area contributed by atoms with Gasteiger partial charge in [0.1, 0.15) is 23.0 Å². The van der Waals surface area contributed by atoms with Crippen molar-refractivity contribution >= 4 is 16.9 Å². The van der Waals surface area contributed by atoms with Crippen LogP contribution in [-0.4, -0.2) is 12.6 Å². The third-order valence-electron chi connectivity index (χ3n) is 6.28. The zero-order chi connectivity index (χ0) is 28.2. The van der Waals surface area contributed by atoms with Gasteiger partial charge in [0.2, 0.25) is 0 Å². The number of rotatable bonds is 8. The minimum absolute atomic E-state index is 0.0395.